The maximum Gasteiger partial charge on any atom is 0.268 e. The summed E-state index contributed by atoms with van der Waals surface area (Å²) in [6.07, 6.45) is 1.30. The second kappa shape index (κ2) is 5.05. The lowest BCUT2D eigenvalue weighted by Crippen LogP contribution is -2.11. The number of aromatic amines is 1. The topological polar surface area (TPSA) is 55.0 Å². The normalized spacial score (nSPS) is 10.3. The number of H-pyrrole nitrogens is 1. The van der Waals surface area contributed by atoms with Crippen molar-refractivity contribution >= 4 is 34.2 Å². The van der Waals surface area contributed by atoms with Crippen molar-refractivity contribution in [1.29, 1.82) is 0 Å². The van der Waals surface area contributed by atoms with Crippen LogP contribution in [0.1, 0.15) is 5.56 Å². The van der Waals surface area contributed by atoms with Crippen LogP contribution in [0.2, 0.25) is 5.02 Å². The van der Waals surface area contributed by atoms with E-state index in [1.807, 2.05) is 35.6 Å². The van der Waals surface area contributed by atoms with Gasteiger partial charge in [-0.1, -0.05) is 17.7 Å². The van der Waals surface area contributed by atoms with Crippen molar-refractivity contribution in [2.75, 3.05) is 0 Å². The van der Waals surface area contributed by atoms with Crippen LogP contribution < -0.4 is 10.3 Å². The molecular weight excluding hydrogens is 354 g/mol. The predicted octanol–water partition coefficient (Wildman–Crippen LogP) is 3.13. The molecule has 1 aromatic heterocycles. The van der Waals surface area contributed by atoms with Gasteiger partial charge in [-0.3, -0.25) is 4.79 Å². The van der Waals surface area contributed by atoms with Gasteiger partial charge < -0.3 is 9.72 Å². The highest BCUT2D eigenvalue weighted by atomic mass is 127. The van der Waals surface area contributed by atoms with Crippen LogP contribution in [0.15, 0.2) is 29.3 Å². The first-order valence-corrected chi connectivity index (χ1v) is 6.21. The number of nitrogens with one attached hydrogen (secondary N) is 1. The molecule has 0 bridgehead atoms. The molecule has 0 saturated carbocycles. The number of benzene rings is 1. The van der Waals surface area contributed by atoms with E-state index in [0.29, 0.717) is 14.3 Å². The summed E-state index contributed by atoms with van der Waals surface area (Å²) in [5.41, 5.74) is 0.781. The highest BCUT2D eigenvalue weighted by Gasteiger charge is 2.10. The molecule has 88 valence electrons. The molecular formula is C11H8ClIN2O2. The summed E-state index contributed by atoms with van der Waals surface area (Å²) < 4.78 is 5.92. The SMILES string of the molecule is Cc1ccc(Cl)c(Oc2nc[nH]c(=O)c2I)c1. The molecule has 17 heavy (non-hydrogen) atoms. The maximum atomic E-state index is 11.4. The van der Waals surface area contributed by atoms with Gasteiger partial charge >= 0.3 is 0 Å². The lowest BCUT2D eigenvalue weighted by Gasteiger charge is -2.08. The van der Waals surface area contributed by atoms with E-state index in [0.717, 1.165) is 5.56 Å². The summed E-state index contributed by atoms with van der Waals surface area (Å²) in [7, 11) is 0. The van der Waals surface area contributed by atoms with Gasteiger partial charge in [-0.15, -0.1) is 0 Å². The second-order valence-electron chi connectivity index (χ2n) is 3.39. The standard InChI is InChI=1S/C11H8ClIN2O2/c1-6-2-3-7(12)8(4-6)17-11-9(13)10(16)14-5-15-11/h2-5H,1H3,(H,14,15,16). The number of hydrogen-bond donors (Lipinski definition) is 1. The van der Waals surface area contributed by atoms with Crippen molar-refractivity contribution in [3.05, 3.63) is 49.0 Å². The third-order valence-electron chi connectivity index (χ3n) is 2.06. The lowest BCUT2D eigenvalue weighted by molar-refractivity contribution is 0.456. The lowest BCUT2D eigenvalue weighted by atomic mass is 10.2. The van der Waals surface area contributed by atoms with Crippen LogP contribution in [0.4, 0.5) is 0 Å². The number of aromatic nitrogens is 2. The van der Waals surface area contributed by atoms with E-state index in [-0.39, 0.29) is 11.4 Å². The molecule has 0 spiro atoms. The maximum absolute atomic E-state index is 11.4. The van der Waals surface area contributed by atoms with Gasteiger partial charge in [0.05, 0.1) is 11.3 Å². The second-order valence-corrected chi connectivity index (χ2v) is 4.87. The molecule has 0 atom stereocenters. The fourth-order valence-electron chi connectivity index (χ4n) is 1.23. The summed E-state index contributed by atoms with van der Waals surface area (Å²) in [6.45, 7) is 1.93. The Labute approximate surface area is 116 Å². The van der Waals surface area contributed by atoms with Crippen LogP contribution in [0.25, 0.3) is 0 Å². The van der Waals surface area contributed by atoms with Gasteiger partial charge in [-0.2, -0.15) is 0 Å². The average Bonchev–Trinajstić information content (AvgIpc) is 2.30. The first kappa shape index (κ1) is 12.4. The van der Waals surface area contributed by atoms with Crippen molar-refractivity contribution in [3.8, 4) is 11.6 Å². The van der Waals surface area contributed by atoms with Gasteiger partial charge in [0, 0.05) is 0 Å². The Morgan fingerprint density at radius 3 is 3.00 bits per heavy atom. The molecule has 2 rings (SSSR count). The van der Waals surface area contributed by atoms with Crippen LogP contribution >= 0.6 is 34.2 Å². The van der Waals surface area contributed by atoms with Gasteiger partial charge in [-0.25, -0.2) is 4.98 Å². The summed E-state index contributed by atoms with van der Waals surface area (Å²) in [6, 6.07) is 5.42. The van der Waals surface area contributed by atoms with E-state index in [9.17, 15) is 4.79 Å². The molecule has 6 heteroatoms. The molecule has 0 amide bonds. The fourth-order valence-corrected chi connectivity index (χ4v) is 1.79. The summed E-state index contributed by atoms with van der Waals surface area (Å²) >= 11 is 7.87. The molecule has 2 aromatic rings. The predicted molar refractivity (Wildman–Crippen MR) is 73.8 cm³/mol. The molecule has 0 fully saturated rings. The Hall–Kier alpha value is -1.08. The molecule has 1 N–H and O–H groups in total. The molecule has 1 heterocycles. The number of aryl methyl sites for hydroxylation is 1. The molecule has 0 aliphatic rings. The van der Waals surface area contributed by atoms with E-state index >= 15 is 0 Å². The van der Waals surface area contributed by atoms with E-state index in [1.165, 1.54) is 6.33 Å². The molecule has 0 radical (unpaired) electrons. The van der Waals surface area contributed by atoms with Crippen molar-refractivity contribution in [2.24, 2.45) is 0 Å². The highest BCUT2D eigenvalue weighted by molar-refractivity contribution is 14.1. The van der Waals surface area contributed by atoms with Crippen LogP contribution in [0, 0.1) is 10.5 Å². The quantitative estimate of drug-likeness (QED) is 0.835. The number of hydrogen-bond acceptors (Lipinski definition) is 3. The van der Waals surface area contributed by atoms with Crippen molar-refractivity contribution in [3.63, 3.8) is 0 Å². The van der Waals surface area contributed by atoms with Gasteiger partial charge in [0.2, 0.25) is 5.88 Å². The van der Waals surface area contributed by atoms with E-state index in [2.05, 4.69) is 9.97 Å². The average molecular weight is 363 g/mol. The highest BCUT2D eigenvalue weighted by Crippen LogP contribution is 2.30. The monoisotopic (exact) mass is 362 g/mol. The minimum Gasteiger partial charge on any atom is -0.436 e. The number of halogens is 2. The number of nitrogens with zero attached hydrogens (tertiary/aromatic N) is 1. The Kier molecular flexibility index (Phi) is 3.68. The first-order valence-electron chi connectivity index (χ1n) is 4.75. The van der Waals surface area contributed by atoms with Crippen molar-refractivity contribution in [2.45, 2.75) is 6.92 Å². The Bertz CT molecular complexity index is 613. The minimum atomic E-state index is -0.237. The van der Waals surface area contributed by atoms with E-state index < -0.39 is 0 Å². The zero-order valence-corrected chi connectivity index (χ0v) is 11.7. The largest absolute Gasteiger partial charge is 0.436 e. The first-order chi connectivity index (χ1) is 8.08. The Balaban J connectivity index is 2.41. The van der Waals surface area contributed by atoms with Crippen molar-refractivity contribution in [1.82, 2.24) is 9.97 Å². The van der Waals surface area contributed by atoms with E-state index in [4.69, 9.17) is 16.3 Å². The molecule has 0 unspecified atom stereocenters. The van der Waals surface area contributed by atoms with Crippen LogP contribution in [-0.2, 0) is 0 Å². The minimum absolute atomic E-state index is 0.237. The fraction of sp³-hybridized carbons (Fsp3) is 0.0909. The third kappa shape index (κ3) is 2.78. The summed E-state index contributed by atoms with van der Waals surface area (Å²) in [5.74, 6) is 0.740. The van der Waals surface area contributed by atoms with Crippen LogP contribution in [-0.4, -0.2) is 9.97 Å². The van der Waals surface area contributed by atoms with Crippen molar-refractivity contribution < 1.29 is 4.74 Å². The molecule has 0 aliphatic heterocycles. The zero-order chi connectivity index (χ0) is 12.4. The van der Waals surface area contributed by atoms with Crippen LogP contribution in [0.5, 0.6) is 11.6 Å². The number of rotatable bonds is 2. The van der Waals surface area contributed by atoms with Gasteiger partial charge in [-0.05, 0) is 47.2 Å². The smallest absolute Gasteiger partial charge is 0.268 e. The zero-order valence-electron chi connectivity index (χ0n) is 8.83. The Morgan fingerprint density at radius 2 is 2.24 bits per heavy atom. The molecule has 0 saturated heterocycles. The summed E-state index contributed by atoms with van der Waals surface area (Å²) in [5, 5.41) is 0.480. The summed E-state index contributed by atoms with van der Waals surface area (Å²) in [4.78, 5) is 17.8. The van der Waals surface area contributed by atoms with Gasteiger partial charge in [0.1, 0.15) is 9.32 Å². The van der Waals surface area contributed by atoms with Gasteiger partial charge in [0.15, 0.2) is 0 Å². The molecule has 1 aromatic carbocycles. The van der Waals surface area contributed by atoms with E-state index in [1.54, 1.807) is 12.1 Å². The Morgan fingerprint density at radius 1 is 1.47 bits per heavy atom. The molecule has 0 aliphatic carbocycles. The van der Waals surface area contributed by atoms with Gasteiger partial charge in [0.25, 0.3) is 5.56 Å². The third-order valence-corrected chi connectivity index (χ3v) is 3.32. The van der Waals surface area contributed by atoms with Crippen LogP contribution in [0.3, 0.4) is 0 Å². The molecule has 4 nitrogen and oxygen atoms in total. The number of ether oxygens (including phenoxy) is 1.